The van der Waals surface area contributed by atoms with E-state index in [0.717, 1.165) is 30.3 Å². The highest BCUT2D eigenvalue weighted by atomic mass is 16.5. The van der Waals surface area contributed by atoms with Gasteiger partial charge in [-0.2, -0.15) is 4.98 Å². The summed E-state index contributed by atoms with van der Waals surface area (Å²) in [4.78, 5) is 23.9. The first-order chi connectivity index (χ1) is 14.5. The summed E-state index contributed by atoms with van der Waals surface area (Å²) in [6, 6.07) is 9.40. The Morgan fingerprint density at radius 2 is 1.80 bits per heavy atom. The lowest BCUT2D eigenvalue weighted by molar-refractivity contribution is 0.102. The van der Waals surface area contributed by atoms with E-state index >= 15 is 0 Å². The number of aromatic nitrogens is 4. The van der Waals surface area contributed by atoms with Gasteiger partial charge in [0.2, 0.25) is 11.8 Å². The van der Waals surface area contributed by atoms with Gasteiger partial charge in [-0.1, -0.05) is 0 Å². The third-order valence-corrected chi connectivity index (χ3v) is 4.90. The van der Waals surface area contributed by atoms with E-state index in [0.29, 0.717) is 23.1 Å². The number of hydrogen-bond donors (Lipinski definition) is 2. The molecular weight excluding hydrogens is 382 g/mol. The van der Waals surface area contributed by atoms with Crippen molar-refractivity contribution in [2.24, 2.45) is 7.05 Å². The molecule has 0 spiro atoms. The maximum atomic E-state index is 12.5. The van der Waals surface area contributed by atoms with Gasteiger partial charge in [-0.25, -0.2) is 4.98 Å². The molecule has 0 atom stereocenters. The lowest BCUT2D eigenvalue weighted by Gasteiger charge is -2.17. The second kappa shape index (κ2) is 8.40. The Hall–Kier alpha value is -3.62. The number of aryl methyl sites for hydroxylation is 2. The minimum absolute atomic E-state index is 0.280. The van der Waals surface area contributed by atoms with Crippen molar-refractivity contribution in [1.82, 2.24) is 19.7 Å². The van der Waals surface area contributed by atoms with Crippen LogP contribution in [0, 0.1) is 6.92 Å². The number of methoxy groups -OCH3 is 1. The summed E-state index contributed by atoms with van der Waals surface area (Å²) >= 11 is 0. The van der Waals surface area contributed by atoms with Crippen LogP contribution in [0.15, 0.2) is 36.5 Å². The zero-order chi connectivity index (χ0) is 21.1. The number of amides is 1. The Morgan fingerprint density at radius 3 is 2.50 bits per heavy atom. The predicted molar refractivity (Wildman–Crippen MR) is 116 cm³/mol. The van der Waals surface area contributed by atoms with Crippen molar-refractivity contribution in [3.05, 3.63) is 47.8 Å². The van der Waals surface area contributed by atoms with E-state index in [9.17, 15) is 4.79 Å². The number of carbonyl (C=O) groups is 1. The van der Waals surface area contributed by atoms with Gasteiger partial charge in [-0.15, -0.1) is 5.10 Å². The Labute approximate surface area is 175 Å². The average Bonchev–Trinajstić information content (AvgIpc) is 3.38. The fraction of sp³-hybridized carbons (Fsp3) is 0.333. The van der Waals surface area contributed by atoms with Crippen molar-refractivity contribution >= 4 is 29.0 Å². The minimum Gasteiger partial charge on any atom is -0.479 e. The number of nitrogens with one attached hydrogen (secondary N) is 2. The molecule has 9 nitrogen and oxygen atoms in total. The molecule has 0 radical (unpaired) electrons. The van der Waals surface area contributed by atoms with Crippen LogP contribution in [0.1, 0.15) is 28.9 Å². The van der Waals surface area contributed by atoms with Crippen LogP contribution in [-0.4, -0.2) is 45.9 Å². The number of carbonyl (C=O) groups excluding carboxylic acids is 1. The first-order valence-corrected chi connectivity index (χ1v) is 9.88. The predicted octanol–water partition coefficient (Wildman–Crippen LogP) is 3.12. The van der Waals surface area contributed by atoms with Gasteiger partial charge in [0.15, 0.2) is 0 Å². The largest absolute Gasteiger partial charge is 0.479 e. The smallest absolute Gasteiger partial charge is 0.262 e. The summed E-state index contributed by atoms with van der Waals surface area (Å²) < 4.78 is 6.69. The van der Waals surface area contributed by atoms with Crippen LogP contribution >= 0.6 is 0 Å². The quantitative estimate of drug-likeness (QED) is 0.648. The van der Waals surface area contributed by atoms with Gasteiger partial charge < -0.3 is 20.3 Å². The number of nitrogens with zero attached hydrogens (tertiary/aromatic N) is 5. The molecule has 9 heteroatoms. The van der Waals surface area contributed by atoms with E-state index < -0.39 is 0 Å². The molecule has 30 heavy (non-hydrogen) atoms. The van der Waals surface area contributed by atoms with Crippen molar-refractivity contribution in [3.8, 4) is 5.88 Å². The summed E-state index contributed by atoms with van der Waals surface area (Å²) in [6.07, 6.45) is 4.02. The van der Waals surface area contributed by atoms with Gasteiger partial charge in [0.05, 0.1) is 7.11 Å². The van der Waals surface area contributed by atoms with Crippen LogP contribution in [0.4, 0.5) is 23.1 Å². The van der Waals surface area contributed by atoms with Crippen LogP contribution in [0.3, 0.4) is 0 Å². The third kappa shape index (κ3) is 4.35. The molecule has 1 saturated heterocycles. The summed E-state index contributed by atoms with van der Waals surface area (Å²) in [5.74, 6) is 1.53. The highest BCUT2D eigenvalue weighted by Gasteiger charge is 2.17. The molecule has 0 unspecified atom stereocenters. The molecule has 156 valence electrons. The first kappa shape index (κ1) is 19.7. The molecule has 1 amide bonds. The first-order valence-electron chi connectivity index (χ1n) is 9.88. The average molecular weight is 407 g/mol. The van der Waals surface area contributed by atoms with E-state index in [1.165, 1.54) is 20.0 Å². The maximum absolute atomic E-state index is 12.5. The number of rotatable bonds is 6. The number of hydrogen-bond acceptors (Lipinski definition) is 7. The molecule has 3 aromatic rings. The molecule has 3 heterocycles. The lowest BCUT2D eigenvalue weighted by atomic mass is 10.2. The zero-order valence-electron chi connectivity index (χ0n) is 17.3. The normalized spacial score (nSPS) is 13.4. The van der Waals surface area contributed by atoms with Gasteiger partial charge in [-0.3, -0.25) is 9.48 Å². The topological polar surface area (TPSA) is 97.2 Å². The van der Waals surface area contributed by atoms with Gasteiger partial charge >= 0.3 is 0 Å². The van der Waals surface area contributed by atoms with Gasteiger partial charge in [-0.05, 0) is 44.0 Å². The molecule has 1 aliphatic heterocycles. The van der Waals surface area contributed by atoms with Crippen LogP contribution in [0.2, 0.25) is 0 Å². The van der Waals surface area contributed by atoms with Gasteiger partial charge in [0, 0.05) is 49.5 Å². The molecule has 1 aliphatic rings. The van der Waals surface area contributed by atoms with Crippen molar-refractivity contribution in [2.45, 2.75) is 19.8 Å². The van der Waals surface area contributed by atoms with E-state index in [2.05, 4.69) is 30.6 Å². The Balaban J connectivity index is 1.44. The maximum Gasteiger partial charge on any atom is 0.262 e. The van der Waals surface area contributed by atoms with Gasteiger partial charge in [0.1, 0.15) is 11.4 Å². The van der Waals surface area contributed by atoms with E-state index in [1.807, 2.05) is 37.3 Å². The number of ether oxygens (including phenoxy) is 1. The van der Waals surface area contributed by atoms with Crippen molar-refractivity contribution in [1.29, 1.82) is 0 Å². The monoisotopic (exact) mass is 407 g/mol. The molecular formula is C21H25N7O2. The summed E-state index contributed by atoms with van der Waals surface area (Å²) in [7, 11) is 3.23. The van der Waals surface area contributed by atoms with Crippen LogP contribution in [-0.2, 0) is 7.05 Å². The summed E-state index contributed by atoms with van der Waals surface area (Å²) in [5, 5.41) is 10.2. The third-order valence-electron chi connectivity index (χ3n) is 4.90. The van der Waals surface area contributed by atoms with Crippen LogP contribution < -0.4 is 20.3 Å². The van der Waals surface area contributed by atoms with Gasteiger partial charge in [0.25, 0.3) is 5.91 Å². The summed E-state index contributed by atoms with van der Waals surface area (Å²) in [5.41, 5.74) is 2.80. The van der Waals surface area contributed by atoms with Crippen molar-refractivity contribution < 1.29 is 9.53 Å². The van der Waals surface area contributed by atoms with Crippen LogP contribution in [0.25, 0.3) is 0 Å². The molecule has 0 aliphatic carbocycles. The molecule has 1 aromatic carbocycles. The standard InChI is InChI=1S/C21H25N7O2/c1-14-12-18(28-10-4-5-11-28)25-21(22-14)24-16-8-6-15(7-9-16)23-19(29)17-13-27(2)26-20(17)30-3/h6-9,12-13H,4-5,10-11H2,1-3H3,(H,23,29)(H,22,24,25). The minimum atomic E-state index is -0.280. The number of benzene rings is 1. The summed E-state index contributed by atoms with van der Waals surface area (Å²) in [6.45, 7) is 4.04. The highest BCUT2D eigenvalue weighted by Crippen LogP contribution is 2.23. The fourth-order valence-electron chi connectivity index (χ4n) is 3.46. The molecule has 4 rings (SSSR count). The van der Waals surface area contributed by atoms with Crippen molar-refractivity contribution in [3.63, 3.8) is 0 Å². The lowest BCUT2D eigenvalue weighted by Crippen LogP contribution is -2.19. The van der Waals surface area contributed by atoms with E-state index in [1.54, 1.807) is 17.9 Å². The second-order valence-electron chi connectivity index (χ2n) is 7.27. The fourth-order valence-corrected chi connectivity index (χ4v) is 3.46. The molecule has 0 saturated carbocycles. The Morgan fingerprint density at radius 1 is 1.10 bits per heavy atom. The SMILES string of the molecule is COc1nn(C)cc1C(=O)Nc1ccc(Nc2nc(C)cc(N3CCCC3)n2)cc1. The number of anilines is 4. The molecule has 0 bridgehead atoms. The van der Waals surface area contributed by atoms with Crippen LogP contribution in [0.5, 0.6) is 5.88 Å². The Bertz CT molecular complexity index is 1040. The molecule has 1 fully saturated rings. The van der Waals surface area contributed by atoms with Crippen molar-refractivity contribution in [2.75, 3.05) is 35.7 Å². The molecule has 2 N–H and O–H groups in total. The van der Waals surface area contributed by atoms with E-state index in [-0.39, 0.29) is 5.91 Å². The highest BCUT2D eigenvalue weighted by molar-refractivity contribution is 6.05. The Kier molecular flexibility index (Phi) is 5.51. The zero-order valence-corrected chi connectivity index (χ0v) is 17.3. The van der Waals surface area contributed by atoms with E-state index in [4.69, 9.17) is 4.74 Å². The molecule has 2 aromatic heterocycles. The second-order valence-corrected chi connectivity index (χ2v) is 7.27.